The van der Waals surface area contributed by atoms with Gasteiger partial charge < -0.3 is 0 Å². The summed E-state index contributed by atoms with van der Waals surface area (Å²) in [4.78, 5) is 7.57. The van der Waals surface area contributed by atoms with Gasteiger partial charge in [-0.05, 0) is 24.3 Å². The molecule has 0 aliphatic rings. The second-order valence-electron chi connectivity index (χ2n) is 3.61. The zero-order valence-electron chi connectivity index (χ0n) is 11.3. The van der Waals surface area contributed by atoms with Gasteiger partial charge in [-0.15, -0.1) is 0 Å². The molecule has 2 aromatic heterocycles. The minimum Gasteiger partial charge on any atom is -0.265 e. The van der Waals surface area contributed by atoms with Gasteiger partial charge in [0.1, 0.15) is 0 Å². The minimum atomic E-state index is -2.34. The molecular formula is C14H20Cl2N2Sn. The van der Waals surface area contributed by atoms with Crippen LogP contribution in [0.2, 0.25) is 8.87 Å². The molecule has 0 aromatic carbocycles. The molecule has 0 radical (unpaired) electrons. The molecule has 2 aromatic rings. The summed E-state index contributed by atoms with van der Waals surface area (Å²) in [5.41, 5.74) is 0. The molecule has 19 heavy (non-hydrogen) atoms. The molecule has 0 spiro atoms. The average Bonchev–Trinajstić information content (AvgIpc) is 2.52. The van der Waals surface area contributed by atoms with Crippen molar-refractivity contribution in [1.29, 1.82) is 0 Å². The van der Waals surface area contributed by atoms with Crippen molar-refractivity contribution in [2.45, 2.75) is 22.7 Å². The van der Waals surface area contributed by atoms with Crippen LogP contribution in [-0.4, -0.2) is 26.1 Å². The summed E-state index contributed by atoms with van der Waals surface area (Å²) in [6.07, 6.45) is 7.00. The van der Waals surface area contributed by atoms with Crippen LogP contribution >= 0.6 is 17.8 Å². The van der Waals surface area contributed by atoms with E-state index in [1.807, 2.05) is 36.4 Å². The Morgan fingerprint density at radius 1 is 0.684 bits per heavy atom. The molecule has 104 valence electrons. The van der Waals surface area contributed by atoms with Crippen molar-refractivity contribution in [2.75, 3.05) is 0 Å². The van der Waals surface area contributed by atoms with E-state index in [9.17, 15) is 0 Å². The maximum absolute atomic E-state index is 5.88. The van der Waals surface area contributed by atoms with Gasteiger partial charge in [0.15, 0.2) is 0 Å². The molecule has 0 aliphatic carbocycles. The maximum Gasteiger partial charge on any atom is 0.0267 e. The van der Waals surface area contributed by atoms with E-state index >= 15 is 0 Å². The van der Waals surface area contributed by atoms with Crippen LogP contribution in [0.25, 0.3) is 0 Å². The van der Waals surface area contributed by atoms with Crippen molar-refractivity contribution in [2.24, 2.45) is 0 Å². The zero-order valence-corrected chi connectivity index (χ0v) is 15.7. The third-order valence-corrected chi connectivity index (χ3v) is 15.2. The topological polar surface area (TPSA) is 25.8 Å². The molecule has 0 atom stereocenters. The van der Waals surface area contributed by atoms with E-state index in [1.165, 1.54) is 0 Å². The zero-order chi connectivity index (χ0) is 14.4. The Kier molecular flexibility index (Phi) is 12.5. The molecular weight excluding hydrogens is 386 g/mol. The molecule has 0 aliphatic heterocycles. The molecule has 2 heterocycles. The Morgan fingerprint density at radius 3 is 1.05 bits per heavy atom. The molecule has 0 N–H and O–H groups in total. The summed E-state index contributed by atoms with van der Waals surface area (Å²) >= 11 is -2.34. The van der Waals surface area contributed by atoms with Crippen molar-refractivity contribution in [3.8, 4) is 0 Å². The van der Waals surface area contributed by atoms with Gasteiger partial charge >= 0.3 is 56.7 Å². The summed E-state index contributed by atoms with van der Waals surface area (Å²) < 4.78 is 2.07. The number of hydrogen-bond acceptors (Lipinski definition) is 2. The minimum absolute atomic E-state index is 1.04. The molecule has 5 heteroatoms. The molecule has 2 rings (SSSR count). The Morgan fingerprint density at radius 2 is 1.00 bits per heavy atom. The monoisotopic (exact) mass is 406 g/mol. The normalized spacial score (nSPS) is 9.47. The second-order valence-corrected chi connectivity index (χ2v) is 23.5. The summed E-state index contributed by atoms with van der Waals surface area (Å²) in [6, 6.07) is 11.4. The number of rotatable bonds is 2. The Hall–Kier alpha value is -0.321. The summed E-state index contributed by atoms with van der Waals surface area (Å²) in [6.45, 7) is 4.14. The van der Waals surface area contributed by atoms with Crippen LogP contribution < -0.4 is 0 Å². The molecule has 0 saturated heterocycles. The second kappa shape index (κ2) is 12.7. The van der Waals surface area contributed by atoms with Crippen molar-refractivity contribution >= 4 is 34.0 Å². The third-order valence-electron chi connectivity index (χ3n) is 2.17. The van der Waals surface area contributed by atoms with E-state index in [2.05, 4.69) is 23.8 Å². The fourth-order valence-corrected chi connectivity index (χ4v) is 2.30. The molecule has 0 fully saturated rings. The fraction of sp³-hybridized carbons (Fsp3) is 0.286. The fourth-order valence-electron chi connectivity index (χ4n) is 0.875. The number of nitrogens with zero attached hydrogens (tertiary/aromatic N) is 2. The van der Waals surface area contributed by atoms with Gasteiger partial charge in [0.25, 0.3) is 0 Å². The van der Waals surface area contributed by atoms with Gasteiger partial charge in [-0.3, -0.25) is 9.97 Å². The SMILES string of the molecule is C[CH2][Sn]([Cl])([Cl])[CH2]C.c1ccncc1.c1ccncc1. The first kappa shape index (κ1) is 18.7. The number of hydrogen-bond donors (Lipinski definition) is 0. The maximum atomic E-state index is 5.88. The van der Waals surface area contributed by atoms with Crippen molar-refractivity contribution < 1.29 is 0 Å². The van der Waals surface area contributed by atoms with Gasteiger partial charge in [-0.1, -0.05) is 12.1 Å². The van der Waals surface area contributed by atoms with Crippen LogP contribution in [-0.2, 0) is 0 Å². The summed E-state index contributed by atoms with van der Waals surface area (Å²) in [5.74, 6) is 0. The van der Waals surface area contributed by atoms with Crippen LogP contribution in [0, 0.1) is 0 Å². The first-order valence-electron chi connectivity index (χ1n) is 6.20. The number of aromatic nitrogens is 2. The van der Waals surface area contributed by atoms with Gasteiger partial charge in [-0.25, -0.2) is 0 Å². The quantitative estimate of drug-likeness (QED) is 0.649. The van der Waals surface area contributed by atoms with Gasteiger partial charge in [0.05, 0.1) is 0 Å². The van der Waals surface area contributed by atoms with E-state index in [-0.39, 0.29) is 0 Å². The molecule has 0 unspecified atom stereocenters. The van der Waals surface area contributed by atoms with Crippen LogP contribution in [0.3, 0.4) is 0 Å². The first-order valence-corrected chi connectivity index (χ1v) is 17.5. The number of halogens is 2. The standard InChI is InChI=1S/2C5H5N.2C2H5.2ClH.Sn/c2*1-2-4-6-5-3-1;2*1-2;;;/h2*1-5H;2*1H2,2H3;2*1H;/q;;;;;;+2/p-2. The first-order chi connectivity index (χ1) is 9.12. The van der Waals surface area contributed by atoms with E-state index in [0.29, 0.717) is 0 Å². The third kappa shape index (κ3) is 13.9. The van der Waals surface area contributed by atoms with Crippen LogP contribution in [0.1, 0.15) is 13.8 Å². The smallest absolute Gasteiger partial charge is 0.0267 e. The predicted octanol–water partition coefficient (Wildman–Crippen LogP) is 5.11. The summed E-state index contributed by atoms with van der Waals surface area (Å²) in [7, 11) is 11.8. The Bertz CT molecular complexity index is 294. The molecule has 0 bridgehead atoms. The predicted molar refractivity (Wildman–Crippen MR) is 86.9 cm³/mol. The molecule has 0 amide bonds. The number of pyridine rings is 2. The van der Waals surface area contributed by atoms with Crippen LogP contribution in [0.15, 0.2) is 61.2 Å². The van der Waals surface area contributed by atoms with Crippen LogP contribution in [0.4, 0.5) is 0 Å². The van der Waals surface area contributed by atoms with Crippen molar-refractivity contribution in [3.63, 3.8) is 0 Å². The van der Waals surface area contributed by atoms with Gasteiger partial charge in [0, 0.05) is 24.8 Å². The van der Waals surface area contributed by atoms with Crippen molar-refractivity contribution in [1.82, 2.24) is 9.97 Å². The summed E-state index contributed by atoms with van der Waals surface area (Å²) in [5, 5.41) is 0. The van der Waals surface area contributed by atoms with Gasteiger partial charge in [-0.2, -0.15) is 0 Å². The largest absolute Gasteiger partial charge is 0.265 e. The van der Waals surface area contributed by atoms with Crippen molar-refractivity contribution in [3.05, 3.63) is 61.2 Å². The Labute approximate surface area is 127 Å². The molecule has 0 saturated carbocycles. The van der Waals surface area contributed by atoms with E-state index in [4.69, 9.17) is 17.8 Å². The molecule has 2 nitrogen and oxygen atoms in total. The average molecular weight is 406 g/mol. The Balaban J connectivity index is 0.000000256. The van der Waals surface area contributed by atoms with E-state index < -0.39 is 16.1 Å². The van der Waals surface area contributed by atoms with Crippen LogP contribution in [0.5, 0.6) is 0 Å². The van der Waals surface area contributed by atoms with E-state index in [0.717, 1.165) is 8.87 Å². The van der Waals surface area contributed by atoms with E-state index in [1.54, 1.807) is 24.8 Å². The van der Waals surface area contributed by atoms with Gasteiger partial charge in [0.2, 0.25) is 0 Å².